The van der Waals surface area contributed by atoms with Crippen molar-refractivity contribution < 1.29 is 18.0 Å². The molecule has 2 aromatic heterocycles. The zero-order valence-corrected chi connectivity index (χ0v) is 23.7. The van der Waals surface area contributed by atoms with Crippen LogP contribution in [0, 0.1) is 6.92 Å². The number of amides is 1. The second-order valence-electron chi connectivity index (χ2n) is 7.85. The van der Waals surface area contributed by atoms with Crippen LogP contribution in [0.5, 0.6) is 0 Å². The third kappa shape index (κ3) is 7.61. The molecule has 0 radical (unpaired) electrons. The second-order valence-corrected chi connectivity index (χ2v) is 12.5. The van der Waals surface area contributed by atoms with Gasteiger partial charge < -0.3 is 5.32 Å². The molecule has 0 aliphatic carbocycles. The van der Waals surface area contributed by atoms with Gasteiger partial charge in [0.25, 0.3) is 0 Å². The Morgan fingerprint density at radius 1 is 1.03 bits per heavy atom. The van der Waals surface area contributed by atoms with Gasteiger partial charge in [-0.05, 0) is 54.4 Å². The molecule has 2 aromatic carbocycles. The van der Waals surface area contributed by atoms with E-state index >= 15 is 0 Å². The highest BCUT2D eigenvalue weighted by molar-refractivity contribution is 8.01. The van der Waals surface area contributed by atoms with E-state index in [1.165, 1.54) is 46.7 Å². The fraction of sp³-hybridized carbons (Fsp3) is 0.208. The van der Waals surface area contributed by atoms with Gasteiger partial charge in [-0.15, -0.1) is 22.7 Å². The molecule has 0 saturated carbocycles. The Balaban J connectivity index is 1.33. The Hall–Kier alpha value is -1.82. The summed E-state index contributed by atoms with van der Waals surface area (Å²) in [6.45, 7) is 1.90. The summed E-state index contributed by atoms with van der Waals surface area (Å²) < 4.78 is 39.8. The summed E-state index contributed by atoms with van der Waals surface area (Å²) in [6, 6.07) is 8.53. The van der Waals surface area contributed by atoms with E-state index in [-0.39, 0.29) is 23.1 Å². The first-order valence-electron chi connectivity index (χ1n) is 10.6. The molecule has 4 nitrogen and oxygen atoms in total. The van der Waals surface area contributed by atoms with Crippen LogP contribution in [-0.2, 0) is 23.8 Å². The van der Waals surface area contributed by atoms with E-state index < -0.39 is 11.7 Å². The van der Waals surface area contributed by atoms with Crippen molar-refractivity contribution in [2.24, 2.45) is 0 Å². The van der Waals surface area contributed by atoms with Crippen molar-refractivity contribution in [2.45, 2.75) is 30.3 Å². The number of carbonyl (C=O) groups excluding carboxylic acids is 1. The molecule has 4 aromatic rings. The molecule has 0 aliphatic rings. The number of nitrogens with zero attached hydrogens (tertiary/aromatic N) is 2. The van der Waals surface area contributed by atoms with E-state index in [4.69, 9.17) is 34.8 Å². The highest BCUT2D eigenvalue weighted by Crippen LogP contribution is 2.34. The molecule has 0 fully saturated rings. The second kappa shape index (κ2) is 11.9. The van der Waals surface area contributed by atoms with Gasteiger partial charge in [-0.25, -0.2) is 9.97 Å². The monoisotopic (exact) mass is 621 g/mol. The smallest absolute Gasteiger partial charge is 0.301 e. The standard InChI is InChI=1S/C24H17Cl3F3N3OS3/c1-12-20(9-14-7-16(25)3-5-19(14)27)37-23(32-12)35-11-21(34)33-22-31-10-17(36-22)8-13-6-15(24(28,29)30)2-4-18(13)26/h2-7,10H,8-9,11H2,1H3,(H,31,33,34). The molecule has 4 rings (SSSR count). The van der Waals surface area contributed by atoms with Crippen LogP contribution in [0.15, 0.2) is 46.9 Å². The first kappa shape index (κ1) is 28.2. The first-order valence-corrected chi connectivity index (χ1v) is 14.4. The molecule has 0 bridgehead atoms. The minimum Gasteiger partial charge on any atom is -0.301 e. The van der Waals surface area contributed by atoms with Crippen LogP contribution in [-0.4, -0.2) is 21.6 Å². The third-order valence-corrected chi connectivity index (χ3v) is 9.28. The largest absolute Gasteiger partial charge is 0.416 e. The molecule has 0 aliphatic heterocycles. The number of aromatic nitrogens is 2. The lowest BCUT2D eigenvalue weighted by Crippen LogP contribution is -2.13. The number of aryl methyl sites for hydroxylation is 1. The summed E-state index contributed by atoms with van der Waals surface area (Å²) in [5.74, 6) is -0.145. The number of rotatable bonds is 8. The number of anilines is 1. The van der Waals surface area contributed by atoms with Crippen molar-refractivity contribution in [3.8, 4) is 0 Å². The Kier molecular flexibility index (Phi) is 9.09. The predicted octanol–water partition coefficient (Wildman–Crippen LogP) is 8.80. The molecule has 1 amide bonds. The third-order valence-electron chi connectivity index (χ3n) is 5.10. The van der Waals surface area contributed by atoms with Gasteiger partial charge in [0.15, 0.2) is 9.47 Å². The van der Waals surface area contributed by atoms with Crippen LogP contribution < -0.4 is 5.32 Å². The summed E-state index contributed by atoms with van der Waals surface area (Å²) in [5.41, 5.74) is 1.34. The van der Waals surface area contributed by atoms with Gasteiger partial charge in [0.1, 0.15) is 0 Å². The maximum absolute atomic E-state index is 13.0. The van der Waals surface area contributed by atoms with Crippen molar-refractivity contribution in [3.05, 3.63) is 89.8 Å². The fourth-order valence-electron chi connectivity index (χ4n) is 3.28. The normalized spacial score (nSPS) is 11.6. The van der Waals surface area contributed by atoms with E-state index in [0.717, 1.165) is 32.6 Å². The van der Waals surface area contributed by atoms with Crippen LogP contribution >= 0.6 is 69.2 Å². The lowest BCUT2D eigenvalue weighted by molar-refractivity contribution is -0.137. The Morgan fingerprint density at radius 3 is 2.46 bits per heavy atom. The molecule has 0 atom stereocenters. The van der Waals surface area contributed by atoms with Crippen LogP contribution in [0.4, 0.5) is 18.3 Å². The molecule has 0 spiro atoms. The van der Waals surface area contributed by atoms with E-state index in [1.54, 1.807) is 12.1 Å². The average molecular weight is 623 g/mol. The summed E-state index contributed by atoms with van der Waals surface area (Å²) in [4.78, 5) is 22.9. The number of hydrogen-bond donors (Lipinski definition) is 1. The van der Waals surface area contributed by atoms with Crippen LogP contribution in [0.2, 0.25) is 15.1 Å². The van der Waals surface area contributed by atoms with Gasteiger partial charge in [-0.1, -0.05) is 46.6 Å². The number of benzene rings is 2. The van der Waals surface area contributed by atoms with Crippen molar-refractivity contribution in [1.29, 1.82) is 0 Å². The van der Waals surface area contributed by atoms with E-state index in [1.807, 2.05) is 13.0 Å². The van der Waals surface area contributed by atoms with Gasteiger partial charge in [-0.2, -0.15) is 13.2 Å². The predicted molar refractivity (Wildman–Crippen MR) is 147 cm³/mol. The van der Waals surface area contributed by atoms with E-state index in [0.29, 0.717) is 32.0 Å². The molecule has 0 unspecified atom stereocenters. The molecule has 2 heterocycles. The summed E-state index contributed by atoms with van der Waals surface area (Å²) in [5, 5.41) is 4.55. The van der Waals surface area contributed by atoms with Gasteiger partial charge in [-0.3, -0.25) is 4.79 Å². The Bertz CT molecular complexity index is 1440. The van der Waals surface area contributed by atoms with Crippen molar-refractivity contribution in [1.82, 2.24) is 9.97 Å². The lowest BCUT2D eigenvalue weighted by atomic mass is 10.1. The lowest BCUT2D eigenvalue weighted by Gasteiger charge is -2.09. The van der Waals surface area contributed by atoms with Gasteiger partial charge >= 0.3 is 6.18 Å². The number of halogens is 6. The molecule has 0 saturated heterocycles. The summed E-state index contributed by atoms with van der Waals surface area (Å²) in [6.07, 6.45) is -2.18. The number of hydrogen-bond acceptors (Lipinski definition) is 6. The summed E-state index contributed by atoms with van der Waals surface area (Å²) in [7, 11) is 0. The number of nitrogens with one attached hydrogen (secondary N) is 1. The summed E-state index contributed by atoms with van der Waals surface area (Å²) >= 11 is 22.4. The zero-order chi connectivity index (χ0) is 26.7. The van der Waals surface area contributed by atoms with Gasteiger partial charge in [0.05, 0.1) is 17.0 Å². The minimum atomic E-state index is -4.46. The maximum Gasteiger partial charge on any atom is 0.416 e. The molecule has 13 heteroatoms. The van der Waals surface area contributed by atoms with Crippen LogP contribution in [0.1, 0.15) is 32.1 Å². The van der Waals surface area contributed by atoms with Gasteiger partial charge in [0.2, 0.25) is 5.91 Å². The number of alkyl halides is 3. The topological polar surface area (TPSA) is 54.9 Å². The average Bonchev–Trinajstić information content (AvgIpc) is 3.41. The highest BCUT2D eigenvalue weighted by Gasteiger charge is 2.31. The molecule has 194 valence electrons. The van der Waals surface area contributed by atoms with Crippen molar-refractivity contribution in [3.63, 3.8) is 0 Å². The molecular weight excluding hydrogens is 606 g/mol. The van der Waals surface area contributed by atoms with Gasteiger partial charge in [0, 0.05) is 43.9 Å². The van der Waals surface area contributed by atoms with Crippen LogP contribution in [0.3, 0.4) is 0 Å². The number of thioether (sulfide) groups is 1. The van der Waals surface area contributed by atoms with E-state index in [2.05, 4.69) is 15.3 Å². The molecular formula is C24H17Cl3F3N3OS3. The molecule has 1 N–H and O–H groups in total. The quantitative estimate of drug-likeness (QED) is 0.200. The van der Waals surface area contributed by atoms with E-state index in [9.17, 15) is 18.0 Å². The number of thiazole rings is 2. The minimum absolute atomic E-state index is 0.124. The highest BCUT2D eigenvalue weighted by atomic mass is 35.5. The molecule has 37 heavy (non-hydrogen) atoms. The maximum atomic E-state index is 13.0. The Morgan fingerprint density at radius 2 is 1.73 bits per heavy atom. The Labute approximate surface area is 238 Å². The SMILES string of the molecule is Cc1nc(SCC(=O)Nc2ncc(Cc3cc(C(F)(F)F)ccc3Cl)s2)sc1Cc1cc(Cl)ccc1Cl. The fourth-order valence-corrected chi connectivity index (χ4v) is 6.75. The van der Waals surface area contributed by atoms with Crippen molar-refractivity contribution in [2.75, 3.05) is 11.1 Å². The van der Waals surface area contributed by atoms with Crippen LogP contribution in [0.25, 0.3) is 0 Å². The zero-order valence-electron chi connectivity index (χ0n) is 19.0. The number of carbonyl (C=O) groups is 1. The first-order chi connectivity index (χ1) is 17.5. The van der Waals surface area contributed by atoms with Crippen molar-refractivity contribution >= 4 is 80.3 Å².